The van der Waals surface area contributed by atoms with Crippen LogP contribution in [0.1, 0.15) is 28.3 Å². The van der Waals surface area contributed by atoms with Gasteiger partial charge in [0.15, 0.2) is 0 Å². The molecule has 31 heavy (non-hydrogen) atoms. The van der Waals surface area contributed by atoms with Crippen LogP contribution in [0, 0.1) is 13.8 Å². The van der Waals surface area contributed by atoms with E-state index in [4.69, 9.17) is 0 Å². The lowest BCUT2D eigenvalue weighted by Gasteiger charge is -2.27. The molecule has 1 aliphatic rings. The molecule has 1 unspecified atom stereocenters. The van der Waals surface area contributed by atoms with E-state index in [2.05, 4.69) is 15.9 Å². The first-order chi connectivity index (χ1) is 14.8. The standard InChI is InChI=1S/C25H20BrNO4/c1-14-7-3-4-8-17(14)22-21(23(29)16-11-12-18(26)15(2)13-16)24(30)25(31)27(22)19-9-5-6-10-20(19)28/h3-13,22,28-29H,1-2H3/b23-21+. The number of phenols is 1. The lowest BCUT2D eigenvalue weighted by Crippen LogP contribution is -2.29. The number of anilines is 1. The summed E-state index contributed by atoms with van der Waals surface area (Å²) in [6, 6.07) is 18.1. The van der Waals surface area contributed by atoms with E-state index in [0.717, 1.165) is 15.6 Å². The molecule has 0 aliphatic carbocycles. The summed E-state index contributed by atoms with van der Waals surface area (Å²) in [5.74, 6) is -1.97. The molecule has 1 fully saturated rings. The Morgan fingerprint density at radius 1 is 0.935 bits per heavy atom. The number of carbonyl (C=O) groups excluding carboxylic acids is 2. The Labute approximate surface area is 188 Å². The summed E-state index contributed by atoms with van der Waals surface area (Å²) in [5.41, 5.74) is 3.07. The second-order valence-electron chi connectivity index (χ2n) is 7.48. The molecule has 0 radical (unpaired) electrons. The maximum Gasteiger partial charge on any atom is 0.300 e. The summed E-state index contributed by atoms with van der Waals surface area (Å²) in [4.78, 5) is 27.6. The van der Waals surface area contributed by atoms with Crippen LogP contribution >= 0.6 is 15.9 Å². The molecule has 4 rings (SSSR count). The number of benzene rings is 3. The smallest absolute Gasteiger partial charge is 0.300 e. The molecule has 0 bridgehead atoms. The zero-order valence-corrected chi connectivity index (χ0v) is 18.6. The van der Waals surface area contributed by atoms with Crippen molar-refractivity contribution in [3.63, 3.8) is 0 Å². The Balaban J connectivity index is 2.00. The third-order valence-electron chi connectivity index (χ3n) is 5.50. The fourth-order valence-electron chi connectivity index (χ4n) is 3.88. The van der Waals surface area contributed by atoms with Crippen LogP contribution in [-0.2, 0) is 9.59 Å². The van der Waals surface area contributed by atoms with Gasteiger partial charge in [0.1, 0.15) is 11.5 Å². The molecular formula is C25H20BrNO4. The first-order valence-electron chi connectivity index (χ1n) is 9.72. The number of hydrogen-bond acceptors (Lipinski definition) is 4. The predicted molar refractivity (Wildman–Crippen MR) is 123 cm³/mol. The van der Waals surface area contributed by atoms with Gasteiger partial charge in [-0.1, -0.05) is 58.4 Å². The largest absolute Gasteiger partial charge is 0.507 e. The number of aromatic hydroxyl groups is 1. The average Bonchev–Trinajstić information content (AvgIpc) is 3.01. The van der Waals surface area contributed by atoms with Gasteiger partial charge in [0.05, 0.1) is 17.3 Å². The highest BCUT2D eigenvalue weighted by atomic mass is 79.9. The topological polar surface area (TPSA) is 77.8 Å². The summed E-state index contributed by atoms with van der Waals surface area (Å²) in [6.07, 6.45) is 0. The van der Waals surface area contributed by atoms with Crippen LogP contribution in [0.3, 0.4) is 0 Å². The molecule has 2 N–H and O–H groups in total. The molecule has 1 heterocycles. The van der Waals surface area contributed by atoms with Gasteiger partial charge in [0, 0.05) is 10.0 Å². The van der Waals surface area contributed by atoms with Crippen LogP contribution in [0.2, 0.25) is 0 Å². The Morgan fingerprint density at radius 3 is 2.29 bits per heavy atom. The molecule has 1 aliphatic heterocycles. The number of aryl methyl sites for hydroxylation is 2. The highest BCUT2D eigenvalue weighted by Crippen LogP contribution is 2.45. The maximum atomic E-state index is 13.2. The second-order valence-corrected chi connectivity index (χ2v) is 8.33. The van der Waals surface area contributed by atoms with Gasteiger partial charge in [0.25, 0.3) is 11.7 Å². The first-order valence-corrected chi connectivity index (χ1v) is 10.5. The summed E-state index contributed by atoms with van der Waals surface area (Å²) in [6.45, 7) is 3.75. The van der Waals surface area contributed by atoms with Gasteiger partial charge in [0.2, 0.25) is 0 Å². The predicted octanol–water partition coefficient (Wildman–Crippen LogP) is 5.40. The molecular weight excluding hydrogens is 458 g/mol. The zero-order valence-electron chi connectivity index (χ0n) is 17.0. The number of ketones is 1. The van der Waals surface area contributed by atoms with Crippen LogP contribution in [-0.4, -0.2) is 21.9 Å². The van der Waals surface area contributed by atoms with Crippen LogP contribution in [0.5, 0.6) is 5.75 Å². The number of Topliss-reactive ketones (excluding diaryl/α,β-unsaturated/α-hetero) is 1. The van der Waals surface area contributed by atoms with Crippen molar-refractivity contribution in [3.05, 3.63) is 99.0 Å². The number of halogens is 1. The van der Waals surface area contributed by atoms with Crippen molar-refractivity contribution in [3.8, 4) is 5.75 Å². The zero-order chi connectivity index (χ0) is 22.3. The molecule has 1 saturated heterocycles. The molecule has 5 nitrogen and oxygen atoms in total. The summed E-state index contributed by atoms with van der Waals surface area (Å²) in [7, 11) is 0. The van der Waals surface area contributed by atoms with E-state index in [1.807, 2.05) is 38.1 Å². The van der Waals surface area contributed by atoms with Gasteiger partial charge in [-0.15, -0.1) is 0 Å². The van der Waals surface area contributed by atoms with Crippen LogP contribution in [0.25, 0.3) is 5.76 Å². The molecule has 1 amide bonds. The van der Waals surface area contributed by atoms with Gasteiger partial charge in [-0.3, -0.25) is 14.5 Å². The number of rotatable bonds is 3. The Hall–Kier alpha value is -3.38. The number of carbonyl (C=O) groups is 2. The summed E-state index contributed by atoms with van der Waals surface area (Å²) in [5, 5.41) is 21.6. The highest BCUT2D eigenvalue weighted by molar-refractivity contribution is 9.10. The monoisotopic (exact) mass is 477 g/mol. The second kappa shape index (κ2) is 8.04. The average molecular weight is 478 g/mol. The number of phenolic OH excluding ortho intramolecular Hbond substituents is 1. The number of aliphatic hydroxyl groups excluding tert-OH is 1. The van der Waals surface area contributed by atoms with Gasteiger partial charge >= 0.3 is 0 Å². The molecule has 6 heteroatoms. The Kier molecular flexibility index (Phi) is 5.41. The van der Waals surface area contributed by atoms with E-state index in [9.17, 15) is 19.8 Å². The van der Waals surface area contributed by atoms with Crippen molar-refractivity contribution in [2.45, 2.75) is 19.9 Å². The third-order valence-corrected chi connectivity index (χ3v) is 6.39. The fraction of sp³-hybridized carbons (Fsp3) is 0.120. The summed E-state index contributed by atoms with van der Waals surface area (Å²) >= 11 is 3.43. The van der Waals surface area contributed by atoms with Crippen molar-refractivity contribution >= 4 is 39.1 Å². The first kappa shape index (κ1) is 20.9. The lowest BCUT2D eigenvalue weighted by atomic mass is 9.92. The van der Waals surface area contributed by atoms with E-state index in [0.29, 0.717) is 11.1 Å². The van der Waals surface area contributed by atoms with Gasteiger partial charge in [-0.25, -0.2) is 0 Å². The molecule has 1 atom stereocenters. The minimum absolute atomic E-state index is 0.00993. The van der Waals surface area contributed by atoms with Crippen molar-refractivity contribution < 1.29 is 19.8 Å². The number of para-hydroxylation sites is 2. The normalized spacial score (nSPS) is 17.9. The highest BCUT2D eigenvalue weighted by Gasteiger charge is 2.48. The Morgan fingerprint density at radius 2 is 1.61 bits per heavy atom. The SMILES string of the molecule is Cc1cc(/C(O)=C2\C(=O)C(=O)N(c3ccccc3O)C2c2ccccc2C)ccc1Br. The minimum Gasteiger partial charge on any atom is -0.507 e. The van der Waals surface area contributed by atoms with Crippen molar-refractivity contribution in [1.29, 1.82) is 0 Å². The van der Waals surface area contributed by atoms with E-state index in [1.165, 1.54) is 11.0 Å². The number of aliphatic hydroxyl groups is 1. The number of amides is 1. The van der Waals surface area contributed by atoms with E-state index >= 15 is 0 Å². The van der Waals surface area contributed by atoms with Crippen molar-refractivity contribution in [2.75, 3.05) is 4.90 Å². The molecule has 0 spiro atoms. The lowest BCUT2D eigenvalue weighted by molar-refractivity contribution is -0.132. The van der Waals surface area contributed by atoms with E-state index < -0.39 is 17.7 Å². The minimum atomic E-state index is -0.876. The summed E-state index contributed by atoms with van der Waals surface area (Å²) < 4.78 is 0.870. The van der Waals surface area contributed by atoms with Gasteiger partial charge in [-0.05, 0) is 54.8 Å². The van der Waals surface area contributed by atoms with Crippen LogP contribution in [0.15, 0.2) is 76.8 Å². The van der Waals surface area contributed by atoms with E-state index in [1.54, 1.807) is 36.4 Å². The van der Waals surface area contributed by atoms with Crippen molar-refractivity contribution in [1.82, 2.24) is 0 Å². The van der Waals surface area contributed by atoms with Gasteiger partial charge < -0.3 is 10.2 Å². The Bertz CT molecular complexity index is 1250. The number of nitrogens with zero attached hydrogens (tertiary/aromatic N) is 1. The molecule has 156 valence electrons. The fourth-order valence-corrected chi connectivity index (χ4v) is 4.13. The van der Waals surface area contributed by atoms with Crippen LogP contribution in [0.4, 0.5) is 5.69 Å². The van der Waals surface area contributed by atoms with Gasteiger partial charge in [-0.2, -0.15) is 0 Å². The molecule has 3 aromatic carbocycles. The molecule has 0 aromatic heterocycles. The third kappa shape index (κ3) is 3.53. The van der Waals surface area contributed by atoms with E-state index in [-0.39, 0.29) is 22.8 Å². The number of hydrogen-bond donors (Lipinski definition) is 2. The quantitative estimate of drug-likeness (QED) is 0.300. The maximum absolute atomic E-state index is 13.2. The molecule has 0 saturated carbocycles. The molecule has 3 aromatic rings. The van der Waals surface area contributed by atoms with Crippen LogP contribution < -0.4 is 4.90 Å². The van der Waals surface area contributed by atoms with Crippen molar-refractivity contribution in [2.24, 2.45) is 0 Å².